The molecule has 0 aliphatic carbocycles. The number of nitrogens with zero attached hydrogens (tertiary/aromatic N) is 1. The van der Waals surface area contributed by atoms with Gasteiger partial charge in [0.2, 0.25) is 0 Å². The molecule has 1 aromatic heterocycles. The van der Waals surface area contributed by atoms with Crippen molar-refractivity contribution in [1.29, 1.82) is 0 Å². The Kier molecular flexibility index (Phi) is 3.12. The average molecular weight is 257 g/mol. The SMILES string of the molecule is Cc1[nH]c2ccccc2c1C(=O)C1CN(C)CCN1. The van der Waals surface area contributed by atoms with Crippen LogP contribution in [0.3, 0.4) is 0 Å². The van der Waals surface area contributed by atoms with Gasteiger partial charge < -0.3 is 15.2 Å². The number of fused-ring (bicyclic) bond motifs is 1. The van der Waals surface area contributed by atoms with Crippen molar-refractivity contribution in [3.05, 3.63) is 35.5 Å². The third-order valence-corrected chi connectivity index (χ3v) is 3.83. The maximum Gasteiger partial charge on any atom is 0.183 e. The third-order valence-electron chi connectivity index (χ3n) is 3.83. The lowest BCUT2D eigenvalue weighted by molar-refractivity contribution is 0.0895. The fourth-order valence-corrected chi connectivity index (χ4v) is 2.84. The first-order valence-corrected chi connectivity index (χ1v) is 6.70. The Hall–Kier alpha value is -1.65. The zero-order valence-corrected chi connectivity index (χ0v) is 11.4. The molecule has 0 amide bonds. The van der Waals surface area contributed by atoms with Crippen molar-refractivity contribution >= 4 is 16.7 Å². The highest BCUT2D eigenvalue weighted by atomic mass is 16.1. The van der Waals surface area contributed by atoms with E-state index in [1.807, 2.05) is 31.2 Å². The van der Waals surface area contributed by atoms with Crippen molar-refractivity contribution in [1.82, 2.24) is 15.2 Å². The molecule has 1 saturated heterocycles. The van der Waals surface area contributed by atoms with Crippen LogP contribution in [0.1, 0.15) is 16.1 Å². The van der Waals surface area contributed by atoms with Crippen LogP contribution >= 0.6 is 0 Å². The van der Waals surface area contributed by atoms with Crippen LogP contribution < -0.4 is 5.32 Å². The lowest BCUT2D eigenvalue weighted by Crippen LogP contribution is -2.52. The minimum atomic E-state index is -0.100. The molecule has 0 radical (unpaired) electrons. The molecule has 1 aromatic carbocycles. The number of rotatable bonds is 2. The Labute approximate surface area is 112 Å². The van der Waals surface area contributed by atoms with E-state index < -0.39 is 0 Å². The van der Waals surface area contributed by atoms with E-state index in [1.165, 1.54) is 0 Å². The number of Topliss-reactive ketones (excluding diaryl/α,β-unsaturated/α-hetero) is 1. The number of carbonyl (C=O) groups excluding carboxylic acids is 1. The van der Waals surface area contributed by atoms with Crippen LogP contribution in [0.5, 0.6) is 0 Å². The van der Waals surface area contributed by atoms with Gasteiger partial charge in [-0.25, -0.2) is 0 Å². The predicted molar refractivity (Wildman–Crippen MR) is 76.7 cm³/mol. The van der Waals surface area contributed by atoms with Gasteiger partial charge in [-0.05, 0) is 20.0 Å². The van der Waals surface area contributed by atoms with E-state index in [4.69, 9.17) is 0 Å². The molecular weight excluding hydrogens is 238 g/mol. The second-order valence-electron chi connectivity index (χ2n) is 5.30. The molecule has 3 rings (SSSR count). The molecule has 2 aromatic rings. The van der Waals surface area contributed by atoms with Gasteiger partial charge in [-0.1, -0.05) is 18.2 Å². The Morgan fingerprint density at radius 1 is 1.37 bits per heavy atom. The first-order valence-electron chi connectivity index (χ1n) is 6.70. The summed E-state index contributed by atoms with van der Waals surface area (Å²) in [7, 11) is 2.06. The highest BCUT2D eigenvalue weighted by Crippen LogP contribution is 2.23. The van der Waals surface area contributed by atoms with Crippen LogP contribution in [-0.2, 0) is 0 Å². The van der Waals surface area contributed by atoms with Crippen molar-refractivity contribution in [2.45, 2.75) is 13.0 Å². The maximum atomic E-state index is 12.7. The monoisotopic (exact) mass is 257 g/mol. The van der Waals surface area contributed by atoms with Gasteiger partial charge in [-0.3, -0.25) is 4.79 Å². The summed E-state index contributed by atoms with van der Waals surface area (Å²) >= 11 is 0. The molecule has 4 heteroatoms. The number of carbonyl (C=O) groups is 1. The topological polar surface area (TPSA) is 48.1 Å². The minimum absolute atomic E-state index is 0.100. The van der Waals surface area contributed by atoms with Gasteiger partial charge in [-0.15, -0.1) is 0 Å². The van der Waals surface area contributed by atoms with Crippen LogP contribution in [-0.4, -0.2) is 48.4 Å². The number of hydrogen-bond acceptors (Lipinski definition) is 3. The normalized spacial score (nSPS) is 20.8. The van der Waals surface area contributed by atoms with E-state index in [1.54, 1.807) is 0 Å². The number of nitrogens with one attached hydrogen (secondary N) is 2. The first-order chi connectivity index (χ1) is 9.16. The Balaban J connectivity index is 1.99. The number of aromatic amines is 1. The summed E-state index contributed by atoms with van der Waals surface area (Å²) in [6, 6.07) is 7.89. The zero-order chi connectivity index (χ0) is 13.4. The Morgan fingerprint density at radius 2 is 2.16 bits per heavy atom. The molecule has 19 heavy (non-hydrogen) atoms. The number of hydrogen-bond donors (Lipinski definition) is 2. The number of benzene rings is 1. The number of ketones is 1. The van der Waals surface area contributed by atoms with Crippen LogP contribution in [0.15, 0.2) is 24.3 Å². The molecule has 0 bridgehead atoms. The summed E-state index contributed by atoms with van der Waals surface area (Å²) in [6.07, 6.45) is 0. The van der Waals surface area contributed by atoms with Crippen molar-refractivity contribution in [3.63, 3.8) is 0 Å². The van der Waals surface area contributed by atoms with Crippen LogP contribution in [0.2, 0.25) is 0 Å². The summed E-state index contributed by atoms with van der Waals surface area (Å²) in [6.45, 7) is 4.61. The van der Waals surface area contributed by atoms with Gasteiger partial charge >= 0.3 is 0 Å². The number of piperazine rings is 1. The summed E-state index contributed by atoms with van der Waals surface area (Å²) in [4.78, 5) is 18.2. The quantitative estimate of drug-likeness (QED) is 0.803. The van der Waals surface area contributed by atoms with E-state index in [-0.39, 0.29) is 11.8 Å². The number of H-pyrrole nitrogens is 1. The number of likely N-dealkylation sites (N-methyl/N-ethyl adjacent to an activating group) is 1. The molecule has 2 N–H and O–H groups in total. The molecule has 1 fully saturated rings. The molecule has 100 valence electrons. The van der Waals surface area contributed by atoms with Crippen LogP contribution in [0.25, 0.3) is 10.9 Å². The average Bonchev–Trinajstić information content (AvgIpc) is 2.74. The second kappa shape index (κ2) is 4.79. The lowest BCUT2D eigenvalue weighted by Gasteiger charge is -2.30. The van der Waals surface area contributed by atoms with Crippen molar-refractivity contribution in [3.8, 4) is 0 Å². The number of aryl methyl sites for hydroxylation is 1. The van der Waals surface area contributed by atoms with E-state index in [2.05, 4.69) is 22.2 Å². The Bertz CT molecular complexity index is 617. The number of para-hydroxylation sites is 1. The van der Waals surface area contributed by atoms with Crippen molar-refractivity contribution < 1.29 is 4.79 Å². The lowest BCUT2D eigenvalue weighted by atomic mass is 9.99. The summed E-state index contributed by atoms with van der Waals surface area (Å²) < 4.78 is 0. The van der Waals surface area contributed by atoms with Crippen molar-refractivity contribution in [2.24, 2.45) is 0 Å². The largest absolute Gasteiger partial charge is 0.358 e. The molecule has 1 unspecified atom stereocenters. The summed E-state index contributed by atoms with van der Waals surface area (Å²) in [5.74, 6) is 0.196. The molecule has 0 saturated carbocycles. The predicted octanol–water partition coefficient (Wildman–Crippen LogP) is 1.56. The zero-order valence-electron chi connectivity index (χ0n) is 11.4. The molecule has 1 aliphatic rings. The molecule has 1 atom stereocenters. The molecule has 4 nitrogen and oxygen atoms in total. The van der Waals surface area contributed by atoms with Gasteiger partial charge in [-0.2, -0.15) is 0 Å². The summed E-state index contributed by atoms with van der Waals surface area (Å²) in [5, 5.41) is 4.35. The molecule has 2 heterocycles. The van der Waals surface area contributed by atoms with E-state index >= 15 is 0 Å². The molecular formula is C15H19N3O. The van der Waals surface area contributed by atoms with Gasteiger partial charge in [0.1, 0.15) is 0 Å². The van der Waals surface area contributed by atoms with Gasteiger partial charge in [0, 0.05) is 41.8 Å². The molecule has 0 spiro atoms. The van der Waals surface area contributed by atoms with Crippen LogP contribution in [0.4, 0.5) is 0 Å². The Morgan fingerprint density at radius 3 is 2.95 bits per heavy atom. The maximum absolute atomic E-state index is 12.7. The minimum Gasteiger partial charge on any atom is -0.358 e. The van der Waals surface area contributed by atoms with E-state index in [9.17, 15) is 4.79 Å². The highest BCUT2D eigenvalue weighted by molar-refractivity contribution is 6.11. The first kappa shape index (κ1) is 12.4. The third kappa shape index (κ3) is 2.17. The highest BCUT2D eigenvalue weighted by Gasteiger charge is 2.27. The van der Waals surface area contributed by atoms with Crippen LogP contribution in [0, 0.1) is 6.92 Å². The van der Waals surface area contributed by atoms with Gasteiger partial charge in [0.25, 0.3) is 0 Å². The number of aromatic nitrogens is 1. The second-order valence-corrected chi connectivity index (χ2v) is 5.30. The molecule has 1 aliphatic heterocycles. The summed E-state index contributed by atoms with van der Waals surface area (Å²) in [5.41, 5.74) is 2.83. The fraction of sp³-hybridized carbons (Fsp3) is 0.400. The van der Waals surface area contributed by atoms with Gasteiger partial charge in [0.15, 0.2) is 5.78 Å². The van der Waals surface area contributed by atoms with E-state index in [0.29, 0.717) is 0 Å². The van der Waals surface area contributed by atoms with Crippen molar-refractivity contribution in [2.75, 3.05) is 26.7 Å². The smallest absolute Gasteiger partial charge is 0.183 e. The fourth-order valence-electron chi connectivity index (χ4n) is 2.84. The standard InChI is InChI=1S/C15H19N3O/c1-10-14(11-5-3-4-6-12(11)17-10)15(19)13-9-18(2)8-7-16-13/h3-6,13,16-17H,7-9H2,1-2H3. The van der Waals surface area contributed by atoms with E-state index in [0.717, 1.165) is 41.8 Å². The van der Waals surface area contributed by atoms with Gasteiger partial charge in [0.05, 0.1) is 6.04 Å².